The Morgan fingerprint density at radius 1 is 0.386 bits per heavy atom. The molecule has 0 aliphatic rings. The van der Waals surface area contributed by atoms with E-state index >= 15 is 0 Å². The van der Waals surface area contributed by atoms with Crippen molar-refractivity contribution in [1.29, 1.82) is 0 Å². The van der Waals surface area contributed by atoms with Crippen LogP contribution in [0.1, 0.15) is 95.1 Å². The third kappa shape index (κ3) is 9.78. The van der Waals surface area contributed by atoms with Crippen molar-refractivity contribution in [3.8, 4) is 0 Å². The van der Waals surface area contributed by atoms with Crippen molar-refractivity contribution in [3.05, 3.63) is 166 Å². The monoisotopic (exact) mass is 939 g/mol. The topological polar surface area (TPSA) is 207 Å². The van der Waals surface area contributed by atoms with E-state index in [9.17, 15) is 0 Å². The summed E-state index contributed by atoms with van der Waals surface area (Å²) < 4.78 is 11.3. The minimum atomic E-state index is 0. The molecule has 70 heavy (non-hydrogen) atoms. The minimum absolute atomic E-state index is 0. The van der Waals surface area contributed by atoms with E-state index in [1.807, 2.05) is 138 Å². The highest BCUT2D eigenvalue weighted by Gasteiger charge is 2.14. The van der Waals surface area contributed by atoms with Gasteiger partial charge in [0, 0.05) is 75.0 Å². The first-order valence-electron chi connectivity index (χ1n) is 22.5. The fourth-order valence-corrected chi connectivity index (χ4v) is 7.86. The van der Waals surface area contributed by atoms with Gasteiger partial charge in [-0.3, -0.25) is 15.0 Å². The second-order valence-corrected chi connectivity index (χ2v) is 16.9. The molecule has 0 atom stereocenters. The second-order valence-electron chi connectivity index (χ2n) is 16.9. The lowest BCUT2D eigenvalue weighted by atomic mass is 10.2. The van der Waals surface area contributed by atoms with E-state index in [2.05, 4.69) is 95.6 Å². The van der Waals surface area contributed by atoms with Crippen molar-refractivity contribution in [2.24, 2.45) is 0 Å². The van der Waals surface area contributed by atoms with Gasteiger partial charge in [0.25, 0.3) is 0 Å². The van der Waals surface area contributed by atoms with Gasteiger partial charge in [-0.1, -0.05) is 33.1 Å². The molecule has 20 heteroatoms. The Morgan fingerprint density at radius 2 is 0.814 bits per heavy atom. The van der Waals surface area contributed by atoms with Crippen molar-refractivity contribution >= 4 is 33.9 Å². The van der Waals surface area contributed by atoms with E-state index in [1.54, 1.807) is 4.52 Å². The second kappa shape index (κ2) is 20.0. The predicted octanol–water partition coefficient (Wildman–Crippen LogP) is 7.20. The first kappa shape index (κ1) is 48.1. The maximum Gasteiger partial charge on any atom is 0.177 e. The molecule has 0 N–H and O–H groups in total. The number of pyridine rings is 3. The molecule has 12 aromatic rings. The number of fused-ring (bicyclic) bond motifs is 6. The number of hydrogen-bond acceptors (Lipinski definition) is 14. The average molecular weight is 939 g/mol. The van der Waals surface area contributed by atoms with Crippen molar-refractivity contribution in [1.82, 2.24) is 97.3 Å². The normalized spacial score (nSPS) is 11.3. The Bertz CT molecular complexity index is 3300. The number of aromatic nitrogens is 20. The molecule has 0 aromatic carbocycles. The molecule has 0 fully saturated rings. The SMILES string of the molecule is C.C.Cc1ccc(C)n2nc(CCc3nc4c(C)ncc(C)n4n3)nc12.Cc1ncc(C)n2nc(CCc3cn4ccccc4n3)nc12.Cc1ncc(C)n2nc(CCc3nc4ccccn4n3)nc12. The number of hydrogen-bond donors (Lipinski definition) is 0. The molecule has 20 nitrogen and oxygen atoms in total. The Balaban J connectivity index is 0.000000139. The first-order valence-corrected chi connectivity index (χ1v) is 22.5. The van der Waals surface area contributed by atoms with Gasteiger partial charge < -0.3 is 4.40 Å². The number of rotatable bonds is 9. The minimum Gasteiger partial charge on any atom is -0.307 e. The summed E-state index contributed by atoms with van der Waals surface area (Å²) in [5, 5.41) is 22.8. The van der Waals surface area contributed by atoms with E-state index in [0.29, 0.717) is 25.7 Å². The Morgan fingerprint density at radius 3 is 1.27 bits per heavy atom. The summed E-state index contributed by atoms with van der Waals surface area (Å²) in [7, 11) is 0. The lowest BCUT2D eigenvalue weighted by molar-refractivity contribution is 0.777. The Kier molecular flexibility index (Phi) is 13.8. The molecule has 0 saturated heterocycles. The van der Waals surface area contributed by atoms with Crippen LogP contribution < -0.4 is 0 Å². The summed E-state index contributed by atoms with van der Waals surface area (Å²) in [6.45, 7) is 15.9. The van der Waals surface area contributed by atoms with Crippen LogP contribution in [0.2, 0.25) is 0 Å². The molecule has 0 bridgehead atoms. The van der Waals surface area contributed by atoms with Crippen molar-refractivity contribution in [3.63, 3.8) is 0 Å². The maximum absolute atomic E-state index is 4.65. The van der Waals surface area contributed by atoms with Crippen LogP contribution in [0.5, 0.6) is 0 Å². The van der Waals surface area contributed by atoms with E-state index in [1.165, 1.54) is 0 Å². The van der Waals surface area contributed by atoms with E-state index < -0.39 is 0 Å². The standard InChI is InChI=1S/C17H19N7.C16H16N6.C15H15N7.2CH4/c1-10-5-6-11(2)23-16(10)19-14(21-23)7-8-15-20-17-13(4)18-9-12(3)24(17)22-15;1-11-9-17-12(2)16-19-14(20-22(11)16)7-6-13-10-21-8-4-3-5-15(21)18-13;1-10-9-16-11(2)15-18-13(20-22(10)15)7-6-12-17-14-5-3-4-8-21(14)19-12;;/h5-6,9H,7-8H2,1-4H3;3-5,8-10H,6-7H2,1-2H3;3-5,8-9H,6-7H2,1-2H3;2*1H4. The Hall–Kier alpha value is -8.42. The van der Waals surface area contributed by atoms with E-state index in [-0.39, 0.29) is 14.9 Å². The fourth-order valence-electron chi connectivity index (χ4n) is 7.86. The van der Waals surface area contributed by atoms with E-state index in [0.717, 1.165) is 127 Å². The average Bonchev–Trinajstić information content (AvgIpc) is 4.21. The summed E-state index contributed by atoms with van der Waals surface area (Å²) in [4.78, 5) is 40.5. The van der Waals surface area contributed by atoms with Crippen LogP contribution in [0.4, 0.5) is 0 Å². The largest absolute Gasteiger partial charge is 0.307 e. The van der Waals surface area contributed by atoms with Gasteiger partial charge >= 0.3 is 0 Å². The fraction of sp³-hybridized carbons (Fsp3) is 0.320. The van der Waals surface area contributed by atoms with Crippen LogP contribution in [0.15, 0.2) is 85.7 Å². The predicted molar refractivity (Wildman–Crippen MR) is 267 cm³/mol. The molecule has 12 aromatic heterocycles. The molecular formula is C50H58N20. The van der Waals surface area contributed by atoms with Gasteiger partial charge in [-0.25, -0.2) is 52.5 Å². The van der Waals surface area contributed by atoms with Gasteiger partial charge in [0.05, 0.1) is 39.9 Å². The zero-order valence-corrected chi connectivity index (χ0v) is 39.3. The molecule has 0 radical (unpaired) electrons. The molecule has 358 valence electrons. The molecule has 12 rings (SSSR count). The van der Waals surface area contributed by atoms with Gasteiger partial charge in [0.1, 0.15) is 5.65 Å². The van der Waals surface area contributed by atoms with Crippen molar-refractivity contribution in [2.45, 2.75) is 109 Å². The highest BCUT2D eigenvalue weighted by molar-refractivity contribution is 5.48. The molecule has 0 amide bonds. The molecule has 0 saturated carbocycles. The molecule has 0 aliphatic carbocycles. The number of aryl methyl sites for hydroxylation is 14. The maximum atomic E-state index is 4.65. The van der Waals surface area contributed by atoms with Crippen LogP contribution in [0.25, 0.3) is 33.9 Å². The lowest BCUT2D eigenvalue weighted by Crippen LogP contribution is -1.99. The van der Waals surface area contributed by atoms with Gasteiger partial charge in [0.15, 0.2) is 57.4 Å². The lowest BCUT2D eigenvalue weighted by Gasteiger charge is -1.98. The molecule has 0 unspecified atom stereocenters. The summed E-state index contributed by atoms with van der Waals surface area (Å²) in [5.74, 6) is 4.03. The van der Waals surface area contributed by atoms with Crippen LogP contribution in [0, 0.1) is 55.4 Å². The van der Waals surface area contributed by atoms with Crippen molar-refractivity contribution < 1.29 is 0 Å². The van der Waals surface area contributed by atoms with Crippen LogP contribution in [-0.4, -0.2) is 97.3 Å². The van der Waals surface area contributed by atoms with Crippen LogP contribution >= 0.6 is 0 Å². The number of imidazole rings is 1. The van der Waals surface area contributed by atoms with Gasteiger partial charge in [0.2, 0.25) is 0 Å². The van der Waals surface area contributed by atoms with Crippen molar-refractivity contribution in [2.75, 3.05) is 0 Å². The number of nitrogens with zero attached hydrogens (tertiary/aromatic N) is 20. The Labute approximate surface area is 404 Å². The molecule has 12 heterocycles. The highest BCUT2D eigenvalue weighted by atomic mass is 15.3. The third-order valence-electron chi connectivity index (χ3n) is 11.6. The smallest absolute Gasteiger partial charge is 0.177 e. The first-order chi connectivity index (χ1) is 32.9. The summed E-state index contributed by atoms with van der Waals surface area (Å²) in [5.41, 5.74) is 14.1. The van der Waals surface area contributed by atoms with Gasteiger partial charge in [-0.2, -0.15) is 25.5 Å². The zero-order chi connectivity index (χ0) is 47.1. The van der Waals surface area contributed by atoms with Gasteiger partial charge in [-0.15, -0.1) is 0 Å². The summed E-state index contributed by atoms with van der Waals surface area (Å²) in [6, 6.07) is 16.0. The summed E-state index contributed by atoms with van der Waals surface area (Å²) >= 11 is 0. The zero-order valence-electron chi connectivity index (χ0n) is 39.3. The van der Waals surface area contributed by atoms with E-state index in [4.69, 9.17) is 0 Å². The third-order valence-corrected chi connectivity index (χ3v) is 11.6. The molecular weight excluding hydrogens is 881 g/mol. The van der Waals surface area contributed by atoms with Gasteiger partial charge in [-0.05, 0) is 97.7 Å². The molecule has 0 spiro atoms. The molecule has 0 aliphatic heterocycles. The van der Waals surface area contributed by atoms with Crippen LogP contribution in [0.3, 0.4) is 0 Å². The van der Waals surface area contributed by atoms with Crippen LogP contribution in [-0.2, 0) is 38.5 Å². The summed E-state index contributed by atoms with van der Waals surface area (Å²) in [6.07, 6.45) is 15.8. The quantitative estimate of drug-likeness (QED) is 0.140. The highest BCUT2D eigenvalue weighted by Crippen LogP contribution is 2.15.